The van der Waals surface area contributed by atoms with Crippen molar-refractivity contribution in [3.05, 3.63) is 29.3 Å². The standard InChI is InChI=1S/C13H19NO/c1-2-10-3-4-12(13(15)9-10)11-5-7-14-8-6-11/h3-4,9,11,14-15H,2,5-8H2,1H3. The van der Waals surface area contributed by atoms with Gasteiger partial charge in [-0.05, 0) is 55.5 Å². The van der Waals surface area contributed by atoms with Crippen molar-refractivity contribution in [2.24, 2.45) is 0 Å². The van der Waals surface area contributed by atoms with Crippen LogP contribution in [0.15, 0.2) is 18.2 Å². The molecule has 1 aromatic rings. The van der Waals surface area contributed by atoms with Crippen molar-refractivity contribution in [3.8, 4) is 5.75 Å². The van der Waals surface area contributed by atoms with Gasteiger partial charge in [-0.15, -0.1) is 0 Å². The van der Waals surface area contributed by atoms with E-state index in [0.29, 0.717) is 11.7 Å². The summed E-state index contributed by atoms with van der Waals surface area (Å²) in [5, 5.41) is 13.3. The van der Waals surface area contributed by atoms with Crippen LogP contribution < -0.4 is 5.32 Å². The number of aromatic hydroxyl groups is 1. The first-order valence-corrected chi connectivity index (χ1v) is 5.83. The zero-order valence-corrected chi connectivity index (χ0v) is 9.29. The van der Waals surface area contributed by atoms with E-state index in [2.05, 4.69) is 24.4 Å². The van der Waals surface area contributed by atoms with Crippen molar-refractivity contribution in [1.82, 2.24) is 5.32 Å². The Labute approximate surface area is 91.3 Å². The molecular weight excluding hydrogens is 186 g/mol. The highest BCUT2D eigenvalue weighted by molar-refractivity contribution is 5.39. The molecule has 1 aliphatic heterocycles. The maximum atomic E-state index is 9.95. The predicted octanol–water partition coefficient (Wildman–Crippen LogP) is 2.42. The van der Waals surface area contributed by atoms with Gasteiger partial charge in [-0.1, -0.05) is 19.1 Å². The van der Waals surface area contributed by atoms with E-state index in [9.17, 15) is 5.11 Å². The average Bonchev–Trinajstić information content (AvgIpc) is 2.30. The second-order valence-corrected chi connectivity index (χ2v) is 4.27. The van der Waals surface area contributed by atoms with Crippen molar-refractivity contribution in [2.45, 2.75) is 32.1 Å². The Bertz CT molecular complexity index is 329. The number of nitrogens with one attached hydrogen (secondary N) is 1. The van der Waals surface area contributed by atoms with Gasteiger partial charge in [-0.3, -0.25) is 0 Å². The van der Waals surface area contributed by atoms with Gasteiger partial charge in [-0.2, -0.15) is 0 Å². The van der Waals surface area contributed by atoms with E-state index >= 15 is 0 Å². The Morgan fingerprint density at radius 2 is 2.07 bits per heavy atom. The summed E-state index contributed by atoms with van der Waals surface area (Å²) in [4.78, 5) is 0. The SMILES string of the molecule is CCc1ccc(C2CCNCC2)c(O)c1. The Morgan fingerprint density at radius 1 is 1.33 bits per heavy atom. The molecule has 2 heteroatoms. The topological polar surface area (TPSA) is 32.3 Å². The summed E-state index contributed by atoms with van der Waals surface area (Å²) in [5.74, 6) is 1.03. The van der Waals surface area contributed by atoms with Crippen LogP contribution in [0.25, 0.3) is 0 Å². The van der Waals surface area contributed by atoms with E-state index in [4.69, 9.17) is 0 Å². The molecular formula is C13H19NO. The van der Waals surface area contributed by atoms with Crippen LogP contribution in [0.3, 0.4) is 0 Å². The summed E-state index contributed by atoms with van der Waals surface area (Å²) in [6, 6.07) is 6.15. The molecule has 2 N–H and O–H groups in total. The van der Waals surface area contributed by atoms with Gasteiger partial charge in [0, 0.05) is 0 Å². The Balaban J connectivity index is 2.19. The monoisotopic (exact) mass is 205 g/mol. The van der Waals surface area contributed by atoms with Crippen molar-refractivity contribution in [3.63, 3.8) is 0 Å². The Morgan fingerprint density at radius 3 is 2.67 bits per heavy atom. The number of rotatable bonds is 2. The van der Waals surface area contributed by atoms with E-state index in [0.717, 1.165) is 37.9 Å². The maximum absolute atomic E-state index is 9.95. The van der Waals surface area contributed by atoms with E-state index in [1.807, 2.05) is 6.07 Å². The molecule has 0 atom stereocenters. The fourth-order valence-electron chi connectivity index (χ4n) is 2.29. The molecule has 1 saturated heterocycles. The first-order chi connectivity index (χ1) is 7.31. The van der Waals surface area contributed by atoms with Gasteiger partial charge in [0.1, 0.15) is 5.75 Å². The van der Waals surface area contributed by atoms with Crippen LogP contribution in [0.4, 0.5) is 0 Å². The highest BCUT2D eigenvalue weighted by atomic mass is 16.3. The zero-order valence-electron chi connectivity index (χ0n) is 9.29. The van der Waals surface area contributed by atoms with E-state index in [-0.39, 0.29) is 0 Å². The molecule has 0 amide bonds. The van der Waals surface area contributed by atoms with Crippen LogP contribution in [-0.4, -0.2) is 18.2 Å². The van der Waals surface area contributed by atoms with Gasteiger partial charge < -0.3 is 10.4 Å². The Hall–Kier alpha value is -1.02. The minimum Gasteiger partial charge on any atom is -0.508 e. The van der Waals surface area contributed by atoms with Gasteiger partial charge in [0.15, 0.2) is 0 Å². The fraction of sp³-hybridized carbons (Fsp3) is 0.538. The smallest absolute Gasteiger partial charge is 0.119 e. The first kappa shape index (κ1) is 10.5. The molecule has 0 radical (unpaired) electrons. The third-order valence-electron chi connectivity index (χ3n) is 3.28. The lowest BCUT2D eigenvalue weighted by atomic mass is 9.89. The summed E-state index contributed by atoms with van der Waals surface area (Å²) in [7, 11) is 0. The number of aryl methyl sites for hydroxylation is 1. The third-order valence-corrected chi connectivity index (χ3v) is 3.28. The molecule has 1 aliphatic rings. The van der Waals surface area contributed by atoms with Crippen LogP contribution in [0.5, 0.6) is 5.75 Å². The van der Waals surface area contributed by atoms with Crippen molar-refractivity contribution < 1.29 is 5.11 Å². The lowest BCUT2D eigenvalue weighted by Gasteiger charge is -2.23. The molecule has 0 aromatic heterocycles. The summed E-state index contributed by atoms with van der Waals surface area (Å²) < 4.78 is 0. The quantitative estimate of drug-likeness (QED) is 0.777. The van der Waals surface area contributed by atoms with Crippen LogP contribution in [0, 0.1) is 0 Å². The van der Waals surface area contributed by atoms with E-state index in [1.54, 1.807) is 0 Å². The lowest BCUT2D eigenvalue weighted by molar-refractivity contribution is 0.424. The zero-order chi connectivity index (χ0) is 10.7. The second-order valence-electron chi connectivity index (χ2n) is 4.27. The Kier molecular flexibility index (Phi) is 3.27. The number of phenols is 1. The van der Waals surface area contributed by atoms with Crippen LogP contribution in [-0.2, 0) is 6.42 Å². The summed E-state index contributed by atoms with van der Waals surface area (Å²) in [5.41, 5.74) is 2.35. The number of hydrogen-bond acceptors (Lipinski definition) is 2. The predicted molar refractivity (Wildman–Crippen MR) is 62.3 cm³/mol. The lowest BCUT2D eigenvalue weighted by Crippen LogP contribution is -2.26. The number of piperidine rings is 1. The average molecular weight is 205 g/mol. The van der Waals surface area contributed by atoms with Crippen molar-refractivity contribution in [1.29, 1.82) is 0 Å². The molecule has 0 bridgehead atoms. The highest BCUT2D eigenvalue weighted by Gasteiger charge is 2.17. The second kappa shape index (κ2) is 4.67. The minimum absolute atomic E-state index is 0.487. The number of phenolic OH excluding ortho intramolecular Hbond substituents is 1. The third kappa shape index (κ3) is 2.32. The molecule has 0 saturated carbocycles. The molecule has 82 valence electrons. The van der Waals surface area contributed by atoms with Crippen molar-refractivity contribution >= 4 is 0 Å². The van der Waals surface area contributed by atoms with Gasteiger partial charge in [0.05, 0.1) is 0 Å². The molecule has 1 aromatic carbocycles. The van der Waals surface area contributed by atoms with E-state index < -0.39 is 0 Å². The summed E-state index contributed by atoms with van der Waals surface area (Å²) in [6.45, 7) is 4.25. The molecule has 0 spiro atoms. The molecule has 15 heavy (non-hydrogen) atoms. The van der Waals surface area contributed by atoms with Crippen LogP contribution >= 0.6 is 0 Å². The van der Waals surface area contributed by atoms with Crippen molar-refractivity contribution in [2.75, 3.05) is 13.1 Å². The summed E-state index contributed by atoms with van der Waals surface area (Å²) in [6.07, 6.45) is 3.26. The molecule has 2 nitrogen and oxygen atoms in total. The van der Waals surface area contributed by atoms with Gasteiger partial charge in [-0.25, -0.2) is 0 Å². The molecule has 1 fully saturated rings. The van der Waals surface area contributed by atoms with E-state index in [1.165, 1.54) is 5.56 Å². The number of benzene rings is 1. The molecule has 2 rings (SSSR count). The van der Waals surface area contributed by atoms with Gasteiger partial charge in [0.25, 0.3) is 0 Å². The molecule has 1 heterocycles. The maximum Gasteiger partial charge on any atom is 0.119 e. The normalized spacial score (nSPS) is 17.9. The van der Waals surface area contributed by atoms with Gasteiger partial charge in [0.2, 0.25) is 0 Å². The minimum atomic E-state index is 0.487. The molecule has 0 unspecified atom stereocenters. The molecule has 0 aliphatic carbocycles. The van der Waals surface area contributed by atoms with Crippen LogP contribution in [0.1, 0.15) is 36.8 Å². The fourth-order valence-corrected chi connectivity index (χ4v) is 2.29. The largest absolute Gasteiger partial charge is 0.508 e. The highest BCUT2D eigenvalue weighted by Crippen LogP contribution is 2.32. The first-order valence-electron chi connectivity index (χ1n) is 5.83. The van der Waals surface area contributed by atoms with Gasteiger partial charge >= 0.3 is 0 Å². The van der Waals surface area contributed by atoms with Crippen LogP contribution in [0.2, 0.25) is 0 Å². The number of hydrogen-bond donors (Lipinski definition) is 2. The summed E-state index contributed by atoms with van der Waals surface area (Å²) >= 11 is 0.